The maximum absolute atomic E-state index is 10.7. The van der Waals surface area contributed by atoms with E-state index in [0.717, 1.165) is 36.1 Å². The summed E-state index contributed by atoms with van der Waals surface area (Å²) in [7, 11) is 0. The maximum atomic E-state index is 10.7. The molecule has 0 aromatic carbocycles. The molecule has 3 rings (SSSR count). The van der Waals surface area contributed by atoms with Crippen LogP contribution in [0, 0.1) is 11.8 Å². The minimum absolute atomic E-state index is 0.455. The van der Waals surface area contributed by atoms with Crippen molar-refractivity contribution in [2.45, 2.75) is 50.5 Å². The van der Waals surface area contributed by atoms with Crippen LogP contribution >= 0.6 is 11.3 Å². The molecule has 88 valence electrons. The van der Waals surface area contributed by atoms with Crippen LogP contribution in [0.3, 0.4) is 0 Å². The molecule has 1 heterocycles. The SMILES string of the molecule is OC1(Cc2nccs2)CCCC(C2CC2)C1. The predicted molar refractivity (Wildman–Crippen MR) is 65.4 cm³/mol. The van der Waals surface area contributed by atoms with Gasteiger partial charge in [-0.2, -0.15) is 0 Å². The molecule has 16 heavy (non-hydrogen) atoms. The molecule has 1 aromatic rings. The molecule has 0 bridgehead atoms. The monoisotopic (exact) mass is 237 g/mol. The summed E-state index contributed by atoms with van der Waals surface area (Å²) in [4.78, 5) is 4.30. The van der Waals surface area contributed by atoms with E-state index in [2.05, 4.69) is 4.98 Å². The van der Waals surface area contributed by atoms with Crippen LogP contribution in [0.2, 0.25) is 0 Å². The lowest BCUT2D eigenvalue weighted by molar-refractivity contribution is -0.0195. The largest absolute Gasteiger partial charge is 0.389 e. The van der Waals surface area contributed by atoms with E-state index >= 15 is 0 Å². The predicted octanol–water partition coefficient (Wildman–Crippen LogP) is 3.02. The van der Waals surface area contributed by atoms with Gasteiger partial charge in [0.05, 0.1) is 10.6 Å². The van der Waals surface area contributed by atoms with E-state index in [1.165, 1.54) is 25.7 Å². The van der Waals surface area contributed by atoms with Gasteiger partial charge in [-0.3, -0.25) is 0 Å². The van der Waals surface area contributed by atoms with Gasteiger partial charge in [-0.05, 0) is 43.9 Å². The second kappa shape index (κ2) is 4.11. The number of nitrogens with zero attached hydrogens (tertiary/aromatic N) is 1. The highest BCUT2D eigenvalue weighted by Gasteiger charge is 2.41. The zero-order chi connectivity index (χ0) is 11.0. The first kappa shape index (κ1) is 10.7. The summed E-state index contributed by atoms with van der Waals surface area (Å²) in [6.07, 6.45) is 9.93. The molecule has 0 amide bonds. The Balaban J connectivity index is 1.66. The lowest BCUT2D eigenvalue weighted by Gasteiger charge is -2.36. The third-order valence-electron chi connectivity index (χ3n) is 4.11. The minimum atomic E-state index is -0.455. The van der Waals surface area contributed by atoms with Gasteiger partial charge in [0.25, 0.3) is 0 Å². The molecule has 0 spiro atoms. The lowest BCUT2D eigenvalue weighted by atomic mass is 9.74. The molecule has 1 N–H and O–H groups in total. The number of thiazole rings is 1. The average molecular weight is 237 g/mol. The second-order valence-electron chi connectivity index (χ2n) is 5.52. The van der Waals surface area contributed by atoms with Crippen molar-refractivity contribution in [3.05, 3.63) is 16.6 Å². The summed E-state index contributed by atoms with van der Waals surface area (Å²) in [6, 6.07) is 0. The number of hydrogen-bond donors (Lipinski definition) is 1. The van der Waals surface area contributed by atoms with E-state index < -0.39 is 5.60 Å². The van der Waals surface area contributed by atoms with Crippen molar-refractivity contribution in [2.24, 2.45) is 11.8 Å². The highest BCUT2D eigenvalue weighted by molar-refractivity contribution is 7.09. The van der Waals surface area contributed by atoms with Crippen LogP contribution in [-0.2, 0) is 6.42 Å². The Morgan fingerprint density at radius 3 is 2.94 bits per heavy atom. The molecule has 2 saturated carbocycles. The van der Waals surface area contributed by atoms with E-state index in [1.807, 2.05) is 11.6 Å². The molecule has 1 aromatic heterocycles. The number of hydrogen-bond acceptors (Lipinski definition) is 3. The summed E-state index contributed by atoms with van der Waals surface area (Å²) < 4.78 is 0. The summed E-state index contributed by atoms with van der Waals surface area (Å²) in [5.41, 5.74) is -0.455. The van der Waals surface area contributed by atoms with E-state index in [1.54, 1.807) is 11.3 Å². The van der Waals surface area contributed by atoms with Crippen LogP contribution in [0.5, 0.6) is 0 Å². The first-order valence-corrected chi connectivity index (χ1v) is 7.24. The van der Waals surface area contributed by atoms with Gasteiger partial charge >= 0.3 is 0 Å². The third kappa shape index (κ3) is 2.30. The number of aliphatic hydroxyl groups is 1. The van der Waals surface area contributed by atoms with E-state index in [0.29, 0.717) is 0 Å². The maximum Gasteiger partial charge on any atom is 0.0953 e. The Kier molecular flexibility index (Phi) is 2.76. The summed E-state index contributed by atoms with van der Waals surface area (Å²) >= 11 is 1.67. The number of rotatable bonds is 3. The van der Waals surface area contributed by atoms with Gasteiger partial charge < -0.3 is 5.11 Å². The zero-order valence-electron chi connectivity index (χ0n) is 9.56. The van der Waals surface area contributed by atoms with Crippen molar-refractivity contribution in [1.82, 2.24) is 4.98 Å². The Labute approximate surface area is 101 Å². The van der Waals surface area contributed by atoms with Crippen LogP contribution in [0.1, 0.15) is 43.5 Å². The minimum Gasteiger partial charge on any atom is -0.389 e. The first-order valence-electron chi connectivity index (χ1n) is 6.36. The quantitative estimate of drug-likeness (QED) is 0.876. The molecule has 2 fully saturated rings. The standard InChI is InChI=1S/C13H19NOS/c15-13(9-12-14-6-7-16-12)5-1-2-11(8-13)10-3-4-10/h6-7,10-11,15H,1-5,8-9H2. The van der Waals surface area contributed by atoms with Gasteiger partial charge in [-0.15, -0.1) is 11.3 Å². The van der Waals surface area contributed by atoms with Crippen LogP contribution in [0.15, 0.2) is 11.6 Å². The van der Waals surface area contributed by atoms with Crippen molar-refractivity contribution in [2.75, 3.05) is 0 Å². The summed E-state index contributed by atoms with van der Waals surface area (Å²) in [5, 5.41) is 13.8. The molecule has 0 aliphatic heterocycles. The zero-order valence-corrected chi connectivity index (χ0v) is 10.4. The molecule has 0 saturated heterocycles. The Morgan fingerprint density at radius 2 is 2.25 bits per heavy atom. The van der Waals surface area contributed by atoms with Crippen molar-refractivity contribution < 1.29 is 5.11 Å². The highest BCUT2D eigenvalue weighted by Crippen LogP contribution is 2.47. The lowest BCUT2D eigenvalue weighted by Crippen LogP contribution is -2.38. The van der Waals surface area contributed by atoms with Crippen LogP contribution in [0.25, 0.3) is 0 Å². The van der Waals surface area contributed by atoms with E-state index in [9.17, 15) is 5.11 Å². The smallest absolute Gasteiger partial charge is 0.0953 e. The van der Waals surface area contributed by atoms with Gasteiger partial charge in [0.1, 0.15) is 0 Å². The van der Waals surface area contributed by atoms with Crippen LogP contribution in [0.4, 0.5) is 0 Å². The molecule has 2 nitrogen and oxygen atoms in total. The van der Waals surface area contributed by atoms with Crippen LogP contribution < -0.4 is 0 Å². The summed E-state index contributed by atoms with van der Waals surface area (Å²) in [6.45, 7) is 0. The van der Waals surface area contributed by atoms with E-state index in [4.69, 9.17) is 0 Å². The second-order valence-corrected chi connectivity index (χ2v) is 6.50. The summed E-state index contributed by atoms with van der Waals surface area (Å²) in [5.74, 6) is 1.72. The molecule has 0 radical (unpaired) electrons. The fourth-order valence-corrected chi connectivity index (χ4v) is 3.89. The number of aromatic nitrogens is 1. The molecule has 2 aliphatic rings. The average Bonchev–Trinajstić information content (AvgIpc) is 2.99. The van der Waals surface area contributed by atoms with E-state index in [-0.39, 0.29) is 0 Å². The van der Waals surface area contributed by atoms with Crippen LogP contribution in [-0.4, -0.2) is 15.7 Å². The Morgan fingerprint density at radius 1 is 1.38 bits per heavy atom. The Hall–Kier alpha value is -0.410. The fourth-order valence-electron chi connectivity index (χ4n) is 3.14. The topological polar surface area (TPSA) is 33.1 Å². The molecule has 2 aliphatic carbocycles. The Bertz CT molecular complexity index is 347. The van der Waals surface area contributed by atoms with Gasteiger partial charge in [-0.25, -0.2) is 4.98 Å². The first-order chi connectivity index (χ1) is 7.75. The van der Waals surface area contributed by atoms with Crippen molar-refractivity contribution >= 4 is 11.3 Å². The molecule has 3 heteroatoms. The van der Waals surface area contributed by atoms with Crippen molar-refractivity contribution in [3.63, 3.8) is 0 Å². The third-order valence-corrected chi connectivity index (χ3v) is 4.89. The molecule has 2 atom stereocenters. The highest BCUT2D eigenvalue weighted by atomic mass is 32.1. The molecule has 2 unspecified atom stereocenters. The van der Waals surface area contributed by atoms with Gasteiger partial charge in [0, 0.05) is 18.0 Å². The van der Waals surface area contributed by atoms with Gasteiger partial charge in [-0.1, -0.05) is 6.42 Å². The van der Waals surface area contributed by atoms with Gasteiger partial charge in [0.15, 0.2) is 0 Å². The van der Waals surface area contributed by atoms with Gasteiger partial charge in [0.2, 0.25) is 0 Å². The molecular formula is C13H19NOS. The normalized spacial score (nSPS) is 35.2. The van der Waals surface area contributed by atoms with Crippen molar-refractivity contribution in [3.8, 4) is 0 Å². The fraction of sp³-hybridized carbons (Fsp3) is 0.769. The molecular weight excluding hydrogens is 218 g/mol. The van der Waals surface area contributed by atoms with Crippen molar-refractivity contribution in [1.29, 1.82) is 0 Å².